The van der Waals surface area contributed by atoms with E-state index < -0.39 is 0 Å². The van der Waals surface area contributed by atoms with Crippen LogP contribution < -0.4 is 0 Å². The molecule has 0 atom stereocenters. The van der Waals surface area contributed by atoms with Gasteiger partial charge in [0.05, 0.1) is 0 Å². The Bertz CT molecular complexity index is 838. The molecule has 0 bridgehead atoms. The SMILES string of the molecule is CC(C)c1ccc(C=Cc2ccc(C=Cc3ccc(C(C)C)cc3)cc2)cc1. The fraction of sp³-hybridized carbons (Fsp3) is 0.214. The molecule has 3 rings (SSSR count). The molecule has 0 saturated carbocycles. The van der Waals surface area contributed by atoms with Gasteiger partial charge < -0.3 is 0 Å². The van der Waals surface area contributed by atoms with Gasteiger partial charge in [0.25, 0.3) is 0 Å². The Morgan fingerprint density at radius 1 is 0.393 bits per heavy atom. The summed E-state index contributed by atoms with van der Waals surface area (Å²) < 4.78 is 0. The second-order valence-electron chi connectivity index (χ2n) is 7.98. The van der Waals surface area contributed by atoms with E-state index in [0.29, 0.717) is 11.8 Å². The molecule has 3 aromatic carbocycles. The maximum Gasteiger partial charge on any atom is -0.0219 e. The smallest absolute Gasteiger partial charge is 0.0219 e. The van der Waals surface area contributed by atoms with Crippen LogP contribution in [0.4, 0.5) is 0 Å². The summed E-state index contributed by atoms with van der Waals surface area (Å²) in [5.41, 5.74) is 7.66. The molecule has 28 heavy (non-hydrogen) atoms. The molecule has 0 unspecified atom stereocenters. The summed E-state index contributed by atoms with van der Waals surface area (Å²) in [5.74, 6) is 1.15. The fourth-order valence-electron chi connectivity index (χ4n) is 3.09. The fourth-order valence-corrected chi connectivity index (χ4v) is 3.09. The monoisotopic (exact) mass is 366 g/mol. The summed E-state index contributed by atoms with van der Waals surface area (Å²) in [6.07, 6.45) is 8.68. The lowest BCUT2D eigenvalue weighted by atomic mass is 10.0. The zero-order chi connectivity index (χ0) is 19.9. The molecule has 3 aromatic rings. The van der Waals surface area contributed by atoms with Crippen molar-refractivity contribution in [2.24, 2.45) is 0 Å². The lowest BCUT2D eigenvalue weighted by Crippen LogP contribution is -1.86. The van der Waals surface area contributed by atoms with Crippen molar-refractivity contribution < 1.29 is 0 Å². The van der Waals surface area contributed by atoms with Crippen molar-refractivity contribution >= 4 is 24.3 Å². The topological polar surface area (TPSA) is 0 Å². The Labute approximate surface area is 170 Å². The normalized spacial score (nSPS) is 11.9. The van der Waals surface area contributed by atoms with Crippen LogP contribution in [-0.2, 0) is 0 Å². The van der Waals surface area contributed by atoms with Crippen molar-refractivity contribution in [1.29, 1.82) is 0 Å². The van der Waals surface area contributed by atoms with Crippen molar-refractivity contribution in [3.8, 4) is 0 Å². The van der Waals surface area contributed by atoms with Crippen LogP contribution >= 0.6 is 0 Å². The summed E-state index contributed by atoms with van der Waals surface area (Å²) >= 11 is 0. The summed E-state index contributed by atoms with van der Waals surface area (Å²) in [7, 11) is 0. The Hall–Kier alpha value is -2.86. The zero-order valence-electron chi connectivity index (χ0n) is 17.4. The molecule has 0 fully saturated rings. The Morgan fingerprint density at radius 3 is 0.821 bits per heavy atom. The van der Waals surface area contributed by atoms with Gasteiger partial charge in [0, 0.05) is 0 Å². The Kier molecular flexibility index (Phi) is 6.66. The molecule has 0 heteroatoms. The first-order valence-corrected chi connectivity index (χ1v) is 10.2. The molecule has 0 aliphatic rings. The van der Waals surface area contributed by atoms with Gasteiger partial charge >= 0.3 is 0 Å². The highest BCUT2D eigenvalue weighted by Crippen LogP contribution is 2.18. The second-order valence-corrected chi connectivity index (χ2v) is 7.98. The maximum atomic E-state index is 2.22. The molecule has 0 amide bonds. The third-order valence-electron chi connectivity index (χ3n) is 5.08. The molecule has 0 nitrogen and oxygen atoms in total. The minimum absolute atomic E-state index is 0.576. The van der Waals surface area contributed by atoms with Gasteiger partial charge in [-0.25, -0.2) is 0 Å². The van der Waals surface area contributed by atoms with E-state index in [-0.39, 0.29) is 0 Å². The number of benzene rings is 3. The van der Waals surface area contributed by atoms with Crippen LogP contribution in [0, 0.1) is 0 Å². The maximum absolute atomic E-state index is 2.22. The third-order valence-corrected chi connectivity index (χ3v) is 5.08. The molecule has 0 heterocycles. The standard InChI is InChI=1S/C28H30/c1-21(2)27-17-13-25(14-18-27)11-9-23-5-7-24(8-6-23)10-12-26-15-19-28(20-16-26)22(3)4/h5-22H,1-4H3. The average Bonchev–Trinajstić information content (AvgIpc) is 2.72. The molecular formula is C28H30. The van der Waals surface area contributed by atoms with Crippen LogP contribution in [0.2, 0.25) is 0 Å². The van der Waals surface area contributed by atoms with Gasteiger partial charge in [0.1, 0.15) is 0 Å². The van der Waals surface area contributed by atoms with Crippen molar-refractivity contribution in [2.75, 3.05) is 0 Å². The molecule has 0 N–H and O–H groups in total. The molecule has 0 radical (unpaired) electrons. The molecule has 0 aliphatic heterocycles. The van der Waals surface area contributed by atoms with Gasteiger partial charge in [-0.2, -0.15) is 0 Å². The second kappa shape index (κ2) is 9.37. The van der Waals surface area contributed by atoms with E-state index in [9.17, 15) is 0 Å². The molecule has 0 spiro atoms. The highest BCUT2D eigenvalue weighted by Gasteiger charge is 1.98. The highest BCUT2D eigenvalue weighted by molar-refractivity contribution is 5.73. The van der Waals surface area contributed by atoms with E-state index in [1.165, 1.54) is 33.4 Å². The third kappa shape index (κ3) is 5.57. The summed E-state index contributed by atoms with van der Waals surface area (Å²) in [6.45, 7) is 8.90. The molecule has 142 valence electrons. The van der Waals surface area contributed by atoms with Crippen molar-refractivity contribution in [3.63, 3.8) is 0 Å². The van der Waals surface area contributed by atoms with E-state index in [0.717, 1.165) is 0 Å². The predicted octanol–water partition coefficient (Wildman–Crippen LogP) is 8.27. The largest absolute Gasteiger partial charge is 0.0587 e. The van der Waals surface area contributed by atoms with Crippen LogP contribution in [0.1, 0.15) is 72.9 Å². The van der Waals surface area contributed by atoms with Crippen molar-refractivity contribution in [2.45, 2.75) is 39.5 Å². The first-order chi connectivity index (χ1) is 13.5. The summed E-state index contributed by atoms with van der Waals surface area (Å²) in [5, 5.41) is 0. The van der Waals surface area contributed by atoms with Gasteiger partial charge in [0.2, 0.25) is 0 Å². The highest BCUT2D eigenvalue weighted by atomic mass is 14.0. The van der Waals surface area contributed by atoms with Crippen LogP contribution in [0.25, 0.3) is 24.3 Å². The van der Waals surface area contributed by atoms with Crippen LogP contribution in [0.15, 0.2) is 72.8 Å². The van der Waals surface area contributed by atoms with E-state index in [4.69, 9.17) is 0 Å². The predicted molar refractivity (Wildman–Crippen MR) is 125 cm³/mol. The van der Waals surface area contributed by atoms with Crippen LogP contribution in [0.5, 0.6) is 0 Å². The van der Waals surface area contributed by atoms with Crippen LogP contribution in [0.3, 0.4) is 0 Å². The summed E-state index contributed by atoms with van der Waals surface area (Å²) in [6, 6.07) is 26.3. The van der Waals surface area contributed by atoms with E-state index >= 15 is 0 Å². The van der Waals surface area contributed by atoms with Crippen molar-refractivity contribution in [3.05, 3.63) is 106 Å². The first kappa shape index (κ1) is 19.9. The van der Waals surface area contributed by atoms with E-state index in [2.05, 4.69) is 125 Å². The zero-order valence-corrected chi connectivity index (χ0v) is 17.4. The first-order valence-electron chi connectivity index (χ1n) is 10.2. The van der Waals surface area contributed by atoms with Gasteiger partial charge in [-0.15, -0.1) is 0 Å². The van der Waals surface area contributed by atoms with E-state index in [1.54, 1.807) is 0 Å². The minimum atomic E-state index is 0.576. The van der Waals surface area contributed by atoms with E-state index in [1.807, 2.05) is 0 Å². The lowest BCUT2D eigenvalue weighted by molar-refractivity contribution is 0.866. The van der Waals surface area contributed by atoms with Gasteiger partial charge in [-0.3, -0.25) is 0 Å². The van der Waals surface area contributed by atoms with Crippen LogP contribution in [-0.4, -0.2) is 0 Å². The van der Waals surface area contributed by atoms with Gasteiger partial charge in [0.15, 0.2) is 0 Å². The lowest BCUT2D eigenvalue weighted by Gasteiger charge is -2.05. The number of hydrogen-bond acceptors (Lipinski definition) is 0. The number of rotatable bonds is 6. The average molecular weight is 367 g/mol. The molecule has 0 saturated heterocycles. The number of hydrogen-bond donors (Lipinski definition) is 0. The van der Waals surface area contributed by atoms with Crippen molar-refractivity contribution in [1.82, 2.24) is 0 Å². The molecular weight excluding hydrogens is 336 g/mol. The minimum Gasteiger partial charge on any atom is -0.0587 e. The quantitative estimate of drug-likeness (QED) is 0.385. The molecule has 0 aromatic heterocycles. The molecule has 0 aliphatic carbocycles. The summed E-state index contributed by atoms with van der Waals surface area (Å²) in [4.78, 5) is 0. The van der Waals surface area contributed by atoms with Gasteiger partial charge in [-0.05, 0) is 45.2 Å². The van der Waals surface area contributed by atoms with Gasteiger partial charge in [-0.1, -0.05) is 125 Å². The Morgan fingerprint density at radius 2 is 0.607 bits per heavy atom. The Balaban J connectivity index is 1.62.